The summed E-state index contributed by atoms with van der Waals surface area (Å²) >= 11 is 0. The van der Waals surface area contributed by atoms with Gasteiger partial charge in [-0.15, -0.1) is 0 Å². The lowest BCUT2D eigenvalue weighted by atomic mass is 10.0. The summed E-state index contributed by atoms with van der Waals surface area (Å²) in [5.41, 5.74) is 2.13. The second kappa shape index (κ2) is 8.82. The molecule has 1 unspecified atom stereocenters. The number of hydrogen-bond donors (Lipinski definition) is 1. The molecular weight excluding hydrogens is 371 g/mol. The molecule has 0 spiro atoms. The Morgan fingerprint density at radius 2 is 1.86 bits per heavy atom. The van der Waals surface area contributed by atoms with Crippen molar-refractivity contribution in [1.29, 1.82) is 0 Å². The van der Waals surface area contributed by atoms with Crippen LogP contribution in [0.3, 0.4) is 0 Å². The lowest BCUT2D eigenvalue weighted by Gasteiger charge is -2.26. The zero-order valence-electron chi connectivity index (χ0n) is 16.8. The number of benzene rings is 2. The molecule has 0 aliphatic carbocycles. The summed E-state index contributed by atoms with van der Waals surface area (Å²) in [5.74, 6) is 1.47. The van der Waals surface area contributed by atoms with Crippen LogP contribution in [-0.4, -0.2) is 44.2 Å². The molecule has 0 aromatic heterocycles. The van der Waals surface area contributed by atoms with E-state index in [4.69, 9.17) is 9.47 Å². The van der Waals surface area contributed by atoms with Gasteiger partial charge in [0.05, 0.1) is 26.3 Å². The highest BCUT2D eigenvalue weighted by Crippen LogP contribution is 2.37. The van der Waals surface area contributed by atoms with E-state index in [-0.39, 0.29) is 17.8 Å². The standard InChI is InChI=1S/C23H27FN2O3/c1-25(15-17-5-8-19(24)9-6-17)16-23(27)26-11-2-4-20(26)18-7-10-21-22(14-18)29-13-3-12-28-21/h5-10,14,20H,2-4,11-13,15-16H2,1H3/p+1/t20-/m0/s1. The van der Waals surface area contributed by atoms with E-state index >= 15 is 0 Å². The second-order valence-electron chi connectivity index (χ2n) is 7.94. The summed E-state index contributed by atoms with van der Waals surface area (Å²) in [7, 11) is 2.00. The van der Waals surface area contributed by atoms with Crippen molar-refractivity contribution in [2.75, 3.05) is 33.4 Å². The molecule has 2 aromatic rings. The number of carbonyl (C=O) groups excluding carboxylic acids is 1. The van der Waals surface area contributed by atoms with E-state index in [1.807, 2.05) is 24.1 Å². The Bertz CT molecular complexity index is 856. The fraction of sp³-hybridized carbons (Fsp3) is 0.435. The number of likely N-dealkylation sites (N-methyl/N-ethyl adjacent to an activating group) is 1. The number of carbonyl (C=O) groups is 1. The van der Waals surface area contributed by atoms with Gasteiger partial charge >= 0.3 is 0 Å². The minimum absolute atomic E-state index is 0.0817. The topological polar surface area (TPSA) is 43.2 Å². The maximum absolute atomic E-state index is 13.1. The maximum atomic E-state index is 13.1. The number of halogens is 1. The fourth-order valence-electron chi connectivity index (χ4n) is 4.17. The summed E-state index contributed by atoms with van der Waals surface area (Å²) < 4.78 is 24.6. The number of amides is 1. The Labute approximate surface area is 171 Å². The van der Waals surface area contributed by atoms with Crippen LogP contribution in [0.5, 0.6) is 11.5 Å². The Hall–Kier alpha value is -2.60. The number of nitrogens with zero attached hydrogens (tertiary/aromatic N) is 1. The van der Waals surface area contributed by atoms with Crippen molar-refractivity contribution in [3.63, 3.8) is 0 Å². The lowest BCUT2D eigenvalue weighted by Crippen LogP contribution is -3.08. The van der Waals surface area contributed by atoms with Gasteiger partial charge in [0.25, 0.3) is 5.91 Å². The van der Waals surface area contributed by atoms with Gasteiger partial charge in [0.1, 0.15) is 12.4 Å². The molecule has 1 saturated heterocycles. The largest absolute Gasteiger partial charge is 0.490 e. The summed E-state index contributed by atoms with van der Waals surface area (Å²) in [6.07, 6.45) is 2.84. The first-order chi connectivity index (χ1) is 14.1. The van der Waals surface area contributed by atoms with Crippen molar-refractivity contribution in [3.05, 3.63) is 59.4 Å². The van der Waals surface area contributed by atoms with Gasteiger partial charge in [-0.2, -0.15) is 0 Å². The molecule has 2 aliphatic heterocycles. The molecule has 0 radical (unpaired) electrons. The number of likely N-dealkylation sites (tertiary alicyclic amines) is 1. The molecule has 0 bridgehead atoms. The third-order valence-electron chi connectivity index (χ3n) is 5.60. The highest BCUT2D eigenvalue weighted by molar-refractivity contribution is 5.78. The van der Waals surface area contributed by atoms with Gasteiger partial charge in [-0.3, -0.25) is 4.79 Å². The first-order valence-corrected chi connectivity index (χ1v) is 10.3. The van der Waals surface area contributed by atoms with Crippen molar-refractivity contribution in [2.24, 2.45) is 0 Å². The Morgan fingerprint density at radius 1 is 1.10 bits per heavy atom. The molecule has 2 heterocycles. The summed E-state index contributed by atoms with van der Waals surface area (Å²) in [6, 6.07) is 12.6. The van der Waals surface area contributed by atoms with Crippen LogP contribution >= 0.6 is 0 Å². The van der Waals surface area contributed by atoms with E-state index in [0.717, 1.165) is 53.3 Å². The molecule has 0 saturated carbocycles. The van der Waals surface area contributed by atoms with Gasteiger partial charge in [0, 0.05) is 18.5 Å². The Balaban J connectivity index is 1.41. The summed E-state index contributed by atoms with van der Waals surface area (Å²) in [6.45, 7) is 3.21. The van der Waals surface area contributed by atoms with Crippen molar-refractivity contribution in [1.82, 2.24) is 4.90 Å². The van der Waals surface area contributed by atoms with E-state index in [1.165, 1.54) is 12.1 Å². The first kappa shape index (κ1) is 19.7. The first-order valence-electron chi connectivity index (χ1n) is 10.3. The van der Waals surface area contributed by atoms with Gasteiger partial charge < -0.3 is 19.3 Å². The van der Waals surface area contributed by atoms with Gasteiger partial charge in [0.15, 0.2) is 18.0 Å². The van der Waals surface area contributed by atoms with Gasteiger partial charge in [-0.05, 0) is 42.7 Å². The van der Waals surface area contributed by atoms with E-state index in [9.17, 15) is 9.18 Å². The van der Waals surface area contributed by atoms with Gasteiger partial charge in [-0.25, -0.2) is 4.39 Å². The third-order valence-corrected chi connectivity index (χ3v) is 5.60. The molecule has 4 rings (SSSR count). The summed E-state index contributed by atoms with van der Waals surface area (Å²) in [5, 5.41) is 0. The highest BCUT2D eigenvalue weighted by Gasteiger charge is 2.32. The molecule has 29 heavy (non-hydrogen) atoms. The second-order valence-corrected chi connectivity index (χ2v) is 7.94. The number of fused-ring (bicyclic) bond motifs is 1. The average molecular weight is 399 g/mol. The molecule has 1 N–H and O–H groups in total. The normalized spacial score (nSPS) is 19.7. The van der Waals surface area contributed by atoms with Crippen molar-refractivity contribution >= 4 is 5.91 Å². The number of rotatable bonds is 5. The average Bonchev–Trinajstić information content (AvgIpc) is 3.09. The van der Waals surface area contributed by atoms with Crippen LogP contribution in [-0.2, 0) is 11.3 Å². The minimum Gasteiger partial charge on any atom is -0.490 e. The predicted octanol–water partition coefficient (Wildman–Crippen LogP) is 2.37. The van der Waals surface area contributed by atoms with Crippen molar-refractivity contribution in [3.8, 4) is 11.5 Å². The van der Waals surface area contributed by atoms with Crippen LogP contribution in [0, 0.1) is 5.82 Å². The van der Waals surface area contributed by atoms with E-state index in [1.54, 1.807) is 12.1 Å². The molecule has 2 aliphatic rings. The molecular formula is C23H28FN2O3+. The molecule has 154 valence electrons. The van der Waals surface area contributed by atoms with Gasteiger partial charge in [-0.1, -0.05) is 18.2 Å². The molecule has 5 nitrogen and oxygen atoms in total. The van der Waals surface area contributed by atoms with Crippen LogP contribution in [0.1, 0.15) is 36.4 Å². The zero-order valence-corrected chi connectivity index (χ0v) is 16.8. The van der Waals surface area contributed by atoms with Crippen LogP contribution in [0.4, 0.5) is 4.39 Å². The molecule has 2 aromatic carbocycles. The predicted molar refractivity (Wildman–Crippen MR) is 108 cm³/mol. The smallest absolute Gasteiger partial charge is 0.278 e. The maximum Gasteiger partial charge on any atom is 0.278 e. The summed E-state index contributed by atoms with van der Waals surface area (Å²) in [4.78, 5) is 16.1. The highest BCUT2D eigenvalue weighted by atomic mass is 19.1. The Morgan fingerprint density at radius 3 is 2.66 bits per heavy atom. The van der Waals surface area contributed by atoms with Crippen molar-refractivity contribution in [2.45, 2.75) is 31.8 Å². The molecule has 1 amide bonds. The number of nitrogens with one attached hydrogen (secondary N) is 1. The van der Waals surface area contributed by atoms with Crippen LogP contribution in [0.2, 0.25) is 0 Å². The SMILES string of the molecule is C[NH+](CC(=O)N1CCC[C@H]1c1ccc2c(c1)OCCCO2)Cc1ccc(F)cc1. The number of hydrogen-bond acceptors (Lipinski definition) is 3. The molecule has 2 atom stereocenters. The minimum atomic E-state index is -0.238. The van der Waals surface area contributed by atoms with E-state index in [2.05, 4.69) is 6.07 Å². The number of ether oxygens (including phenoxy) is 2. The van der Waals surface area contributed by atoms with Gasteiger partial charge in [0.2, 0.25) is 0 Å². The fourth-order valence-corrected chi connectivity index (χ4v) is 4.17. The third kappa shape index (κ3) is 4.70. The van der Waals surface area contributed by atoms with Crippen molar-refractivity contribution < 1.29 is 23.6 Å². The van der Waals surface area contributed by atoms with E-state index < -0.39 is 0 Å². The number of quaternary nitrogens is 1. The molecule has 6 heteroatoms. The van der Waals surface area contributed by atoms with Crippen LogP contribution < -0.4 is 14.4 Å². The quantitative estimate of drug-likeness (QED) is 0.840. The van der Waals surface area contributed by atoms with E-state index in [0.29, 0.717) is 26.3 Å². The van der Waals surface area contributed by atoms with Crippen LogP contribution in [0.15, 0.2) is 42.5 Å². The lowest BCUT2D eigenvalue weighted by molar-refractivity contribution is -0.885. The molecule has 1 fully saturated rings. The zero-order chi connectivity index (χ0) is 20.2. The monoisotopic (exact) mass is 399 g/mol. The Kier molecular flexibility index (Phi) is 6.00. The van der Waals surface area contributed by atoms with Crippen LogP contribution in [0.25, 0.3) is 0 Å².